The molecule has 0 radical (unpaired) electrons. The fourth-order valence-electron chi connectivity index (χ4n) is 2.97. The zero-order valence-corrected chi connectivity index (χ0v) is 14.0. The van der Waals surface area contributed by atoms with Crippen LogP contribution in [0.15, 0.2) is 23.1 Å². The number of hydrogen-bond acceptors (Lipinski definition) is 6. The van der Waals surface area contributed by atoms with Gasteiger partial charge in [0.2, 0.25) is 10.0 Å². The van der Waals surface area contributed by atoms with E-state index in [1.807, 2.05) is 6.92 Å². The summed E-state index contributed by atoms with van der Waals surface area (Å²) in [7, 11) is -2.55. The van der Waals surface area contributed by atoms with Crippen molar-refractivity contribution in [2.24, 2.45) is 11.7 Å². The Morgan fingerprint density at radius 3 is 2.74 bits per heavy atom. The normalized spacial score (nSPS) is 22.7. The molecule has 0 bridgehead atoms. The molecule has 1 aromatic carbocycles. The minimum Gasteiger partial charge on any atom is -0.490 e. The van der Waals surface area contributed by atoms with E-state index >= 15 is 0 Å². The molecule has 0 amide bonds. The number of nitrogens with zero attached hydrogens (tertiary/aromatic N) is 2. The summed E-state index contributed by atoms with van der Waals surface area (Å²) in [6.07, 6.45) is 1.66. The first-order valence-electron chi connectivity index (χ1n) is 7.37. The van der Waals surface area contributed by atoms with Crippen LogP contribution in [0.4, 0.5) is 5.69 Å². The monoisotopic (exact) mass is 343 g/mol. The smallest absolute Gasteiger partial charge is 0.312 e. The van der Waals surface area contributed by atoms with Crippen molar-refractivity contribution in [1.82, 2.24) is 4.31 Å². The lowest BCUT2D eigenvalue weighted by Gasteiger charge is -2.38. The minimum absolute atomic E-state index is 0.0244. The molecule has 8 nitrogen and oxygen atoms in total. The number of piperidine rings is 1. The summed E-state index contributed by atoms with van der Waals surface area (Å²) < 4.78 is 32.0. The van der Waals surface area contributed by atoms with Crippen LogP contribution in [0.5, 0.6) is 5.75 Å². The van der Waals surface area contributed by atoms with Crippen LogP contribution < -0.4 is 10.5 Å². The summed E-state index contributed by atoms with van der Waals surface area (Å²) in [5.41, 5.74) is 5.38. The van der Waals surface area contributed by atoms with Gasteiger partial charge in [-0.1, -0.05) is 6.92 Å². The number of sulfonamides is 1. The first-order chi connectivity index (χ1) is 10.8. The van der Waals surface area contributed by atoms with E-state index in [0.29, 0.717) is 6.54 Å². The van der Waals surface area contributed by atoms with E-state index in [-0.39, 0.29) is 34.8 Å². The maximum atomic E-state index is 12.9. The van der Waals surface area contributed by atoms with E-state index in [1.165, 1.54) is 23.5 Å². The van der Waals surface area contributed by atoms with Crippen LogP contribution in [-0.2, 0) is 10.0 Å². The molecule has 1 aliphatic rings. The fraction of sp³-hybridized carbons (Fsp3) is 0.571. The van der Waals surface area contributed by atoms with Crippen LogP contribution in [0, 0.1) is 16.0 Å². The average Bonchev–Trinajstić information content (AvgIpc) is 2.53. The number of nitrogens with two attached hydrogens (primary N) is 1. The molecule has 0 aliphatic carbocycles. The number of hydrogen-bond donors (Lipinski definition) is 1. The summed E-state index contributed by atoms with van der Waals surface area (Å²) in [4.78, 5) is 10.3. The number of methoxy groups -OCH3 is 1. The number of nitro benzene ring substituents is 1. The lowest BCUT2D eigenvalue weighted by molar-refractivity contribution is -0.386. The molecule has 2 rings (SSSR count). The summed E-state index contributed by atoms with van der Waals surface area (Å²) >= 11 is 0. The van der Waals surface area contributed by atoms with Gasteiger partial charge in [0.25, 0.3) is 0 Å². The molecule has 1 saturated heterocycles. The van der Waals surface area contributed by atoms with Crippen molar-refractivity contribution in [2.75, 3.05) is 20.2 Å². The molecule has 0 saturated carbocycles. The first kappa shape index (κ1) is 17.6. The molecule has 0 spiro atoms. The largest absolute Gasteiger partial charge is 0.490 e. The zero-order chi connectivity index (χ0) is 17.2. The quantitative estimate of drug-likeness (QED) is 0.637. The van der Waals surface area contributed by atoms with Gasteiger partial charge in [-0.15, -0.1) is 0 Å². The Morgan fingerprint density at radius 2 is 2.17 bits per heavy atom. The van der Waals surface area contributed by atoms with E-state index in [9.17, 15) is 18.5 Å². The lowest BCUT2D eigenvalue weighted by Crippen LogP contribution is -2.51. The van der Waals surface area contributed by atoms with Gasteiger partial charge in [-0.25, -0.2) is 8.42 Å². The Kier molecular flexibility index (Phi) is 5.23. The van der Waals surface area contributed by atoms with Crippen molar-refractivity contribution >= 4 is 15.7 Å². The third kappa shape index (κ3) is 3.31. The Hall–Kier alpha value is -1.71. The maximum Gasteiger partial charge on any atom is 0.312 e. The molecule has 1 heterocycles. The predicted octanol–water partition coefficient (Wildman–Crippen LogP) is 1.35. The molecule has 23 heavy (non-hydrogen) atoms. The number of nitro groups is 1. The molecule has 2 unspecified atom stereocenters. The number of rotatable bonds is 5. The van der Waals surface area contributed by atoms with Gasteiger partial charge in [-0.3, -0.25) is 10.1 Å². The van der Waals surface area contributed by atoms with Crippen molar-refractivity contribution in [1.29, 1.82) is 0 Å². The van der Waals surface area contributed by atoms with E-state index in [2.05, 4.69) is 0 Å². The molecule has 1 fully saturated rings. The van der Waals surface area contributed by atoms with E-state index in [1.54, 1.807) is 0 Å². The second-order valence-corrected chi connectivity index (χ2v) is 7.52. The summed E-state index contributed by atoms with van der Waals surface area (Å²) in [6.45, 7) is 2.56. The van der Waals surface area contributed by atoms with Gasteiger partial charge in [0.15, 0.2) is 5.75 Å². The van der Waals surface area contributed by atoms with Gasteiger partial charge in [-0.2, -0.15) is 4.31 Å². The number of ether oxygens (including phenoxy) is 1. The molecule has 1 aromatic rings. The van der Waals surface area contributed by atoms with Gasteiger partial charge in [-0.05, 0) is 30.9 Å². The average molecular weight is 343 g/mol. The van der Waals surface area contributed by atoms with Crippen LogP contribution in [0.25, 0.3) is 0 Å². The van der Waals surface area contributed by atoms with E-state index < -0.39 is 14.9 Å². The standard InChI is InChI=1S/C14H21N3O5S/c1-10-4-3-7-16(13(10)9-15)23(20,21)11-5-6-14(22-2)12(8-11)17(18)19/h5-6,8,10,13H,3-4,7,9,15H2,1-2H3. The topological polar surface area (TPSA) is 116 Å². The SMILES string of the molecule is COc1ccc(S(=O)(=O)N2CCCC(C)C2CN)cc1[N+](=O)[O-]. The first-order valence-corrected chi connectivity index (χ1v) is 8.81. The second-order valence-electron chi connectivity index (χ2n) is 5.63. The summed E-state index contributed by atoms with van der Waals surface area (Å²) in [5.74, 6) is 0.174. The van der Waals surface area contributed by atoms with Gasteiger partial charge >= 0.3 is 5.69 Å². The van der Waals surface area contributed by atoms with Crippen LogP contribution >= 0.6 is 0 Å². The predicted molar refractivity (Wildman–Crippen MR) is 84.8 cm³/mol. The van der Waals surface area contributed by atoms with Crippen LogP contribution in [0.2, 0.25) is 0 Å². The Balaban J connectivity index is 2.47. The zero-order valence-electron chi connectivity index (χ0n) is 13.1. The van der Waals surface area contributed by atoms with Crippen molar-refractivity contribution in [3.05, 3.63) is 28.3 Å². The highest BCUT2D eigenvalue weighted by Crippen LogP contribution is 2.33. The Labute approximate surface area is 135 Å². The lowest BCUT2D eigenvalue weighted by atomic mass is 9.93. The second kappa shape index (κ2) is 6.81. The molecule has 9 heteroatoms. The molecule has 2 N–H and O–H groups in total. The Morgan fingerprint density at radius 1 is 1.48 bits per heavy atom. The highest BCUT2D eigenvalue weighted by atomic mass is 32.2. The summed E-state index contributed by atoms with van der Waals surface area (Å²) in [5, 5.41) is 11.1. The third-order valence-corrected chi connectivity index (χ3v) is 6.18. The molecule has 2 atom stereocenters. The molecule has 0 aromatic heterocycles. The maximum absolute atomic E-state index is 12.9. The molecular weight excluding hydrogens is 322 g/mol. The van der Waals surface area contributed by atoms with Crippen molar-refractivity contribution < 1.29 is 18.1 Å². The van der Waals surface area contributed by atoms with Crippen LogP contribution in [-0.4, -0.2) is 43.9 Å². The fourth-order valence-corrected chi connectivity index (χ4v) is 4.76. The van der Waals surface area contributed by atoms with E-state index in [4.69, 9.17) is 10.5 Å². The molecule has 128 valence electrons. The van der Waals surface area contributed by atoms with Crippen LogP contribution in [0.3, 0.4) is 0 Å². The highest BCUT2D eigenvalue weighted by Gasteiger charge is 2.37. The minimum atomic E-state index is -3.84. The van der Waals surface area contributed by atoms with E-state index in [0.717, 1.165) is 18.9 Å². The van der Waals surface area contributed by atoms with Gasteiger partial charge in [0.05, 0.1) is 16.9 Å². The third-order valence-electron chi connectivity index (χ3n) is 4.26. The highest BCUT2D eigenvalue weighted by molar-refractivity contribution is 7.89. The van der Waals surface area contributed by atoms with Crippen molar-refractivity contribution in [2.45, 2.75) is 30.7 Å². The molecule has 1 aliphatic heterocycles. The number of benzene rings is 1. The van der Waals surface area contributed by atoms with Crippen molar-refractivity contribution in [3.8, 4) is 5.75 Å². The summed E-state index contributed by atoms with van der Waals surface area (Å²) in [6, 6.07) is 3.38. The van der Waals surface area contributed by atoms with Gasteiger partial charge < -0.3 is 10.5 Å². The van der Waals surface area contributed by atoms with Gasteiger partial charge in [0.1, 0.15) is 0 Å². The van der Waals surface area contributed by atoms with Crippen molar-refractivity contribution in [3.63, 3.8) is 0 Å². The van der Waals surface area contributed by atoms with Gasteiger partial charge in [0, 0.05) is 25.2 Å². The molecular formula is C14H21N3O5S. The van der Waals surface area contributed by atoms with Crippen LogP contribution in [0.1, 0.15) is 19.8 Å². The Bertz CT molecular complexity index is 692.